The number of esters is 2. The van der Waals surface area contributed by atoms with Gasteiger partial charge in [-0.05, 0) is 43.4 Å². The number of methoxy groups -OCH3 is 1. The number of ketones is 1. The van der Waals surface area contributed by atoms with Crippen LogP contribution >= 0.6 is 11.6 Å². The summed E-state index contributed by atoms with van der Waals surface area (Å²) < 4.78 is 15.8. The van der Waals surface area contributed by atoms with Crippen molar-refractivity contribution >= 4 is 29.3 Å². The van der Waals surface area contributed by atoms with Gasteiger partial charge < -0.3 is 19.5 Å². The second kappa shape index (κ2) is 11.0. The maximum Gasteiger partial charge on any atom is 0.336 e. The van der Waals surface area contributed by atoms with Crippen molar-refractivity contribution in [2.75, 3.05) is 26.9 Å². The summed E-state index contributed by atoms with van der Waals surface area (Å²) in [5, 5.41) is 3.71. The first kappa shape index (κ1) is 25.0. The van der Waals surface area contributed by atoms with Gasteiger partial charge in [0.15, 0.2) is 5.78 Å². The van der Waals surface area contributed by atoms with Crippen LogP contribution in [0.5, 0.6) is 0 Å². The molecule has 33 heavy (non-hydrogen) atoms. The molecular weight excluding hydrogens is 446 g/mol. The average Bonchev–Trinajstić information content (AvgIpc) is 2.77. The summed E-state index contributed by atoms with van der Waals surface area (Å²) >= 11 is 6.26. The molecule has 1 aromatic carbocycles. The average molecular weight is 476 g/mol. The summed E-state index contributed by atoms with van der Waals surface area (Å²) in [6.07, 6.45) is 1.35. The molecule has 0 bridgehead atoms. The van der Waals surface area contributed by atoms with Crippen molar-refractivity contribution in [2.45, 2.75) is 39.5 Å². The third-order valence-electron chi connectivity index (χ3n) is 5.95. The van der Waals surface area contributed by atoms with Crippen LogP contribution in [0.1, 0.15) is 45.1 Å². The molecule has 1 aliphatic carbocycles. The number of halogens is 1. The van der Waals surface area contributed by atoms with E-state index in [4.69, 9.17) is 25.8 Å². The number of dihydropyridines is 1. The Morgan fingerprint density at radius 1 is 1.21 bits per heavy atom. The lowest BCUT2D eigenvalue weighted by atomic mass is 9.69. The summed E-state index contributed by atoms with van der Waals surface area (Å²) in [7, 11) is 1.27. The molecule has 8 heteroatoms. The van der Waals surface area contributed by atoms with Gasteiger partial charge in [0.25, 0.3) is 0 Å². The zero-order valence-corrected chi connectivity index (χ0v) is 20.2. The Balaban J connectivity index is 2.02. The van der Waals surface area contributed by atoms with E-state index in [0.717, 1.165) is 6.42 Å². The van der Waals surface area contributed by atoms with E-state index in [0.29, 0.717) is 46.2 Å². The summed E-state index contributed by atoms with van der Waals surface area (Å²) in [6, 6.07) is 7.04. The Bertz CT molecular complexity index is 998. The molecule has 1 N–H and O–H groups in total. The van der Waals surface area contributed by atoms with Gasteiger partial charge in [-0.15, -0.1) is 0 Å². The van der Waals surface area contributed by atoms with Crippen LogP contribution in [0, 0.1) is 11.8 Å². The Morgan fingerprint density at radius 2 is 1.97 bits per heavy atom. The highest BCUT2D eigenvalue weighted by atomic mass is 35.5. The smallest absolute Gasteiger partial charge is 0.336 e. The molecule has 0 unspecified atom stereocenters. The largest absolute Gasteiger partial charge is 0.468 e. The van der Waals surface area contributed by atoms with Crippen LogP contribution in [-0.4, -0.2) is 44.7 Å². The predicted molar refractivity (Wildman–Crippen MR) is 123 cm³/mol. The maximum absolute atomic E-state index is 13.6. The molecule has 0 fully saturated rings. The number of ether oxygens (including phenoxy) is 3. The van der Waals surface area contributed by atoms with Crippen molar-refractivity contribution in [1.29, 1.82) is 0 Å². The number of allylic oxidation sites excluding steroid dienone is 3. The number of rotatable bonds is 8. The number of Topliss-reactive ketones (excluding diaryl/α,β-unsaturated/α-hetero) is 1. The number of carbonyl (C=O) groups is 3. The first-order valence-electron chi connectivity index (χ1n) is 11.1. The van der Waals surface area contributed by atoms with Crippen LogP contribution < -0.4 is 5.32 Å². The van der Waals surface area contributed by atoms with Crippen molar-refractivity contribution in [3.05, 3.63) is 57.4 Å². The van der Waals surface area contributed by atoms with E-state index in [1.54, 1.807) is 25.1 Å². The first-order chi connectivity index (χ1) is 15.8. The van der Waals surface area contributed by atoms with E-state index >= 15 is 0 Å². The third kappa shape index (κ3) is 5.31. The van der Waals surface area contributed by atoms with Crippen LogP contribution in [0.2, 0.25) is 5.02 Å². The molecule has 7 nitrogen and oxygen atoms in total. The predicted octanol–water partition coefficient (Wildman–Crippen LogP) is 3.92. The van der Waals surface area contributed by atoms with Gasteiger partial charge in [-0.1, -0.05) is 37.6 Å². The normalized spacial score (nSPS) is 22.6. The van der Waals surface area contributed by atoms with Crippen molar-refractivity contribution < 1.29 is 28.6 Å². The molecule has 0 amide bonds. The Morgan fingerprint density at radius 3 is 2.64 bits per heavy atom. The highest BCUT2D eigenvalue weighted by Gasteiger charge is 2.47. The lowest BCUT2D eigenvalue weighted by Crippen LogP contribution is -2.43. The summed E-state index contributed by atoms with van der Waals surface area (Å²) in [5.41, 5.74) is 2.69. The highest BCUT2D eigenvalue weighted by molar-refractivity contribution is 6.30. The lowest BCUT2D eigenvalue weighted by Gasteiger charge is -2.38. The number of hydrogen-bond acceptors (Lipinski definition) is 7. The SMILES string of the molecule is CCCOCCOC(=O)C1=C(C)NC2=C(C(=O)[C@@H](C(=O)OC)[C@H](C)C2)[C@@H]1c1cccc(Cl)c1. The fraction of sp³-hybridized carbons (Fsp3) is 0.480. The number of hydrogen-bond donors (Lipinski definition) is 1. The molecule has 0 aromatic heterocycles. The first-order valence-corrected chi connectivity index (χ1v) is 11.5. The fourth-order valence-corrected chi connectivity index (χ4v) is 4.69. The van der Waals surface area contributed by atoms with Crippen LogP contribution in [0.25, 0.3) is 0 Å². The van der Waals surface area contributed by atoms with Crippen molar-refractivity contribution in [2.24, 2.45) is 11.8 Å². The quantitative estimate of drug-likeness (QED) is 0.346. The van der Waals surface area contributed by atoms with Crippen LogP contribution in [0.15, 0.2) is 46.8 Å². The highest BCUT2D eigenvalue weighted by Crippen LogP contribution is 2.45. The molecular formula is C25H30ClNO6. The van der Waals surface area contributed by atoms with E-state index < -0.39 is 23.8 Å². The minimum absolute atomic E-state index is 0.0968. The number of carbonyl (C=O) groups excluding carboxylic acids is 3. The molecule has 2 aliphatic rings. The molecule has 0 radical (unpaired) electrons. The van der Waals surface area contributed by atoms with Gasteiger partial charge in [0.05, 0.1) is 19.3 Å². The van der Waals surface area contributed by atoms with E-state index in [9.17, 15) is 14.4 Å². The number of nitrogens with one attached hydrogen (secondary N) is 1. The standard InChI is InChI=1S/C25H30ClNO6/c1-5-9-32-10-11-33-25(30)20-15(3)27-18-12-14(2)19(24(29)31-4)23(28)22(18)21(20)16-7-6-8-17(26)13-16/h6-8,13-14,19,21,27H,5,9-12H2,1-4H3/t14-,19+,21-/m1/s1. The molecule has 178 valence electrons. The van der Waals surface area contributed by atoms with Crippen LogP contribution in [0.4, 0.5) is 0 Å². The summed E-state index contributed by atoms with van der Waals surface area (Å²) in [6.45, 7) is 6.60. The van der Waals surface area contributed by atoms with E-state index in [1.165, 1.54) is 7.11 Å². The molecule has 1 aromatic rings. The molecule has 3 rings (SSSR count). The monoisotopic (exact) mass is 475 g/mol. The molecule has 3 atom stereocenters. The lowest BCUT2D eigenvalue weighted by molar-refractivity contribution is -0.151. The molecule has 1 heterocycles. The number of benzene rings is 1. The Kier molecular flexibility index (Phi) is 8.32. The van der Waals surface area contributed by atoms with Gasteiger partial charge >= 0.3 is 11.9 Å². The van der Waals surface area contributed by atoms with Crippen LogP contribution in [0.3, 0.4) is 0 Å². The minimum Gasteiger partial charge on any atom is -0.468 e. The Hall–Kier alpha value is -2.64. The Labute approximate surface area is 199 Å². The van der Waals surface area contributed by atoms with Gasteiger partial charge in [-0.2, -0.15) is 0 Å². The van der Waals surface area contributed by atoms with Crippen molar-refractivity contribution in [3.63, 3.8) is 0 Å². The third-order valence-corrected chi connectivity index (χ3v) is 6.19. The van der Waals surface area contributed by atoms with Gasteiger partial charge in [-0.3, -0.25) is 9.59 Å². The van der Waals surface area contributed by atoms with E-state index in [2.05, 4.69) is 5.32 Å². The topological polar surface area (TPSA) is 90.9 Å². The van der Waals surface area contributed by atoms with Gasteiger partial charge in [0, 0.05) is 34.5 Å². The summed E-state index contributed by atoms with van der Waals surface area (Å²) in [4.78, 5) is 39.3. The molecule has 1 aliphatic heterocycles. The summed E-state index contributed by atoms with van der Waals surface area (Å²) in [5.74, 6) is -3.36. The zero-order chi connectivity index (χ0) is 24.1. The van der Waals surface area contributed by atoms with Gasteiger partial charge in [0.2, 0.25) is 0 Å². The molecule has 0 spiro atoms. The fourth-order valence-electron chi connectivity index (χ4n) is 4.49. The van der Waals surface area contributed by atoms with Crippen molar-refractivity contribution in [1.82, 2.24) is 5.32 Å². The molecule has 0 saturated carbocycles. The van der Waals surface area contributed by atoms with Crippen molar-refractivity contribution in [3.8, 4) is 0 Å². The second-order valence-electron chi connectivity index (χ2n) is 8.34. The van der Waals surface area contributed by atoms with E-state index in [-0.39, 0.29) is 24.9 Å². The van der Waals surface area contributed by atoms with Crippen LogP contribution in [-0.2, 0) is 28.6 Å². The second-order valence-corrected chi connectivity index (χ2v) is 8.78. The van der Waals surface area contributed by atoms with Gasteiger partial charge in [-0.25, -0.2) is 4.79 Å². The van der Waals surface area contributed by atoms with Gasteiger partial charge in [0.1, 0.15) is 12.5 Å². The minimum atomic E-state index is -0.935. The van der Waals surface area contributed by atoms with E-state index in [1.807, 2.05) is 19.9 Å². The maximum atomic E-state index is 13.6. The molecule has 0 saturated heterocycles. The zero-order valence-electron chi connectivity index (χ0n) is 19.4.